The van der Waals surface area contributed by atoms with Crippen LogP contribution in [0.2, 0.25) is 6.04 Å². The van der Waals surface area contributed by atoms with Crippen molar-refractivity contribution in [3.05, 3.63) is 47.5 Å². The van der Waals surface area contributed by atoms with Crippen LogP contribution in [-0.4, -0.2) is 33.7 Å². The molecule has 2 heterocycles. The van der Waals surface area contributed by atoms with E-state index in [9.17, 15) is 5.11 Å². The number of phenolic OH excluding ortho intramolecular Hbond substituents is 1. The Morgan fingerprint density at radius 1 is 1.30 bits per heavy atom. The largest absolute Gasteiger partial charge is 0.560 e. The highest BCUT2D eigenvalue weighted by molar-refractivity contribution is 7.83. The molecule has 27 heavy (non-hydrogen) atoms. The van der Waals surface area contributed by atoms with E-state index >= 15 is 0 Å². The van der Waals surface area contributed by atoms with Gasteiger partial charge in [-0.2, -0.15) is 3.87 Å². The fraction of sp³-hybridized carbons (Fsp3) is 0.278. The fourth-order valence-electron chi connectivity index (χ4n) is 3.36. The van der Waals surface area contributed by atoms with Gasteiger partial charge in [-0.25, -0.2) is 0 Å². The molecule has 1 N–H and O–H groups in total. The Balaban J connectivity index is 1.63. The van der Waals surface area contributed by atoms with Gasteiger partial charge >= 0.3 is 20.2 Å². The lowest BCUT2D eigenvalue weighted by Crippen LogP contribution is -2.50. The summed E-state index contributed by atoms with van der Waals surface area (Å²) in [5.74, 6) is 0.506. The summed E-state index contributed by atoms with van der Waals surface area (Å²) in [6, 6.07) is 12.4. The second kappa shape index (κ2) is 7.32. The number of rotatable bonds is 6. The fourth-order valence-corrected chi connectivity index (χ4v) is 7.78. The van der Waals surface area contributed by atoms with Gasteiger partial charge in [0.05, 0.1) is 0 Å². The lowest BCUT2D eigenvalue weighted by Gasteiger charge is -2.19. The van der Waals surface area contributed by atoms with Gasteiger partial charge in [-0.05, 0) is 48.6 Å². The first-order chi connectivity index (χ1) is 13.0. The number of phenols is 1. The Morgan fingerprint density at radius 3 is 2.52 bits per heavy atom. The first kappa shape index (κ1) is 18.6. The number of nitrogens with zero attached hydrogens (tertiary/aromatic N) is 3. The van der Waals surface area contributed by atoms with Crippen LogP contribution in [0.4, 0.5) is 0 Å². The van der Waals surface area contributed by atoms with E-state index in [0.29, 0.717) is 12.1 Å². The van der Waals surface area contributed by atoms with Crippen LogP contribution >= 0.6 is 0 Å². The maximum absolute atomic E-state index is 10.9. The van der Waals surface area contributed by atoms with Crippen molar-refractivity contribution in [3.8, 4) is 11.4 Å². The van der Waals surface area contributed by atoms with Crippen LogP contribution in [0.3, 0.4) is 0 Å². The summed E-state index contributed by atoms with van der Waals surface area (Å²) in [5.41, 5.74) is 4.12. The summed E-state index contributed by atoms with van der Waals surface area (Å²) < 4.78 is 11.0. The highest BCUT2D eigenvalue weighted by Gasteiger charge is 2.58. The molecule has 0 bridgehead atoms. The van der Waals surface area contributed by atoms with Crippen molar-refractivity contribution in [2.45, 2.75) is 26.3 Å². The van der Waals surface area contributed by atoms with Crippen LogP contribution in [0.15, 0.2) is 36.4 Å². The number of hydrogen-bond acceptors (Lipinski definition) is 5. The zero-order valence-corrected chi connectivity index (χ0v) is 17.9. The third-order valence-corrected chi connectivity index (χ3v) is 10.6. The summed E-state index contributed by atoms with van der Waals surface area (Å²) in [6.07, 6.45) is 0.716. The summed E-state index contributed by atoms with van der Waals surface area (Å²) in [7, 11) is -2.22. The van der Waals surface area contributed by atoms with Crippen molar-refractivity contribution < 1.29 is 12.9 Å². The third-order valence-electron chi connectivity index (χ3n) is 4.61. The molecule has 0 saturated carbocycles. The number of aromatic hydroxyl groups is 1. The van der Waals surface area contributed by atoms with E-state index in [1.54, 1.807) is 0 Å². The van der Waals surface area contributed by atoms with Crippen LogP contribution in [0.25, 0.3) is 16.7 Å². The molecule has 2 unspecified atom stereocenters. The molecule has 0 radical (unpaired) electrons. The monoisotopic (exact) mass is 419 g/mol. The van der Waals surface area contributed by atoms with Gasteiger partial charge in [0.2, 0.25) is 0 Å². The molecule has 0 aliphatic carbocycles. The molecular formula is C18H21N3O3S2Si+2. The normalized spacial score (nSPS) is 20.0. The smallest absolute Gasteiger partial charge is 0.505 e. The van der Waals surface area contributed by atoms with Gasteiger partial charge < -0.3 is 5.11 Å². The Morgan fingerprint density at radius 2 is 1.96 bits per heavy atom. The molecule has 1 aromatic heterocycles. The molecule has 0 spiro atoms. The second-order valence-electron chi connectivity index (χ2n) is 6.99. The number of benzene rings is 2. The Labute approximate surface area is 168 Å². The topological polar surface area (TPSA) is 69.4 Å². The van der Waals surface area contributed by atoms with Crippen molar-refractivity contribution >= 4 is 49.1 Å². The van der Waals surface area contributed by atoms with Gasteiger partial charge in [0.25, 0.3) is 4.99 Å². The van der Waals surface area contributed by atoms with Crippen molar-refractivity contribution in [3.63, 3.8) is 0 Å². The highest BCUT2D eigenvalue weighted by Crippen LogP contribution is 2.32. The molecule has 9 heteroatoms. The van der Waals surface area contributed by atoms with Crippen molar-refractivity contribution in [2.75, 3.05) is 0 Å². The van der Waals surface area contributed by atoms with Crippen molar-refractivity contribution in [1.82, 2.24) is 15.0 Å². The minimum absolute atomic E-state index is 0.218. The van der Waals surface area contributed by atoms with E-state index in [4.69, 9.17) is 7.74 Å². The maximum Gasteiger partial charge on any atom is 0.560 e. The van der Waals surface area contributed by atoms with Gasteiger partial charge in [-0.3, -0.25) is 0 Å². The van der Waals surface area contributed by atoms with Crippen LogP contribution in [0.5, 0.6) is 5.75 Å². The van der Waals surface area contributed by atoms with Gasteiger partial charge in [-0.15, -0.1) is 18.9 Å². The molecule has 4 rings (SSSR count). The third kappa shape index (κ3) is 3.65. The van der Waals surface area contributed by atoms with E-state index in [1.807, 2.05) is 43.3 Å². The molecule has 2 atom stereocenters. The van der Waals surface area contributed by atoms with Gasteiger partial charge in [0.1, 0.15) is 35.4 Å². The van der Waals surface area contributed by atoms with Crippen LogP contribution in [0, 0.1) is 12.8 Å². The van der Waals surface area contributed by atoms with Crippen LogP contribution in [0.1, 0.15) is 18.1 Å². The molecule has 1 aliphatic rings. The van der Waals surface area contributed by atoms with E-state index in [0.717, 1.165) is 28.2 Å². The summed E-state index contributed by atoms with van der Waals surface area (Å²) in [5, 5.41) is 19.9. The quantitative estimate of drug-likeness (QED) is 0.288. The van der Waals surface area contributed by atoms with Gasteiger partial charge in [0.15, 0.2) is 0 Å². The number of aryl methyl sites for hydroxylation is 1. The molecule has 6 nitrogen and oxygen atoms in total. The Hall–Kier alpha value is -1.78. The first-order valence-corrected chi connectivity index (χ1v) is 12.0. The number of fused-ring (bicyclic) bond motifs is 1. The maximum atomic E-state index is 10.9. The summed E-state index contributed by atoms with van der Waals surface area (Å²) in [4.78, 5) is 3.56. The predicted molar refractivity (Wildman–Crippen MR) is 114 cm³/mol. The molecular weight excluding hydrogens is 398 g/mol. The van der Waals surface area contributed by atoms with E-state index < -0.39 is 8.56 Å². The van der Waals surface area contributed by atoms with E-state index in [1.165, 1.54) is 16.4 Å². The van der Waals surface area contributed by atoms with Crippen molar-refractivity contribution in [2.24, 2.45) is 5.92 Å². The molecule has 1 aliphatic heterocycles. The zero-order chi connectivity index (χ0) is 19.0. The number of aromatic nitrogens is 3. The van der Waals surface area contributed by atoms with E-state index in [2.05, 4.69) is 35.0 Å². The summed E-state index contributed by atoms with van der Waals surface area (Å²) in [6.45, 7) is 4.15. The molecule has 0 amide bonds. The minimum Gasteiger partial charge on any atom is -0.505 e. The minimum atomic E-state index is -2.22. The lowest BCUT2D eigenvalue weighted by molar-refractivity contribution is 0.438. The highest BCUT2D eigenvalue weighted by atomic mass is 32.2. The van der Waals surface area contributed by atoms with Crippen LogP contribution in [-0.2, 0) is 38.7 Å². The van der Waals surface area contributed by atoms with Crippen LogP contribution < -0.4 is 0 Å². The van der Waals surface area contributed by atoms with Gasteiger partial charge in [0, 0.05) is 6.04 Å². The van der Waals surface area contributed by atoms with Gasteiger partial charge in [-0.1, -0.05) is 25.1 Å². The second-order valence-corrected chi connectivity index (χ2v) is 11.6. The average Bonchev–Trinajstić information content (AvgIpc) is 3.05. The van der Waals surface area contributed by atoms with Crippen molar-refractivity contribution in [1.29, 1.82) is 0 Å². The standard InChI is InChI=1S/C18H19N3O3S2Si/c1-12-7-14(8-13(2)10-27(23-25)11-26-24-27)18(22)17(9-12)21-19-15-5-3-4-6-16(15)20-21/h3-7,9,11,13H,8,10H2,1-2H3,(H-,22,25)/p+2. The first-order valence-electron chi connectivity index (χ1n) is 8.68. The van der Waals surface area contributed by atoms with E-state index in [-0.39, 0.29) is 11.7 Å². The lowest BCUT2D eigenvalue weighted by atomic mass is 9.99. The molecule has 0 saturated heterocycles. The molecule has 3 aromatic rings. The summed E-state index contributed by atoms with van der Waals surface area (Å²) >= 11 is 4.49. The Kier molecular flexibility index (Phi) is 5.04. The predicted octanol–water partition coefficient (Wildman–Crippen LogP) is 2.37. The Bertz CT molecular complexity index is 993. The molecule has 2 aromatic carbocycles. The number of hydrogen-bond donors (Lipinski definition) is 1. The molecule has 0 fully saturated rings. The molecule has 140 valence electrons. The average molecular weight is 420 g/mol. The SMILES string of the molecule is Cc1cc(CC(C)C[Si]2(O[SH2+])C=[S+]O2)c(O)c(-n2nc3ccccc3n2)c1. The zero-order valence-electron chi connectivity index (χ0n) is 15.0.